The van der Waals surface area contributed by atoms with Crippen molar-refractivity contribution >= 4 is 5.82 Å². The van der Waals surface area contributed by atoms with Gasteiger partial charge in [-0.3, -0.25) is 0 Å². The van der Waals surface area contributed by atoms with Crippen molar-refractivity contribution in [2.75, 3.05) is 19.5 Å². The van der Waals surface area contributed by atoms with Crippen LogP contribution in [0.5, 0.6) is 5.75 Å². The molecule has 100 valence electrons. The van der Waals surface area contributed by atoms with E-state index in [1.54, 1.807) is 13.4 Å². The van der Waals surface area contributed by atoms with Crippen LogP contribution in [0.25, 0.3) is 11.3 Å². The van der Waals surface area contributed by atoms with Crippen molar-refractivity contribution in [2.45, 2.75) is 19.8 Å². The number of hydrogen-bond acceptors (Lipinski definition) is 4. The predicted molar refractivity (Wildman–Crippen MR) is 77.7 cm³/mol. The lowest BCUT2D eigenvalue weighted by atomic mass is 9.98. The SMILES string of the molecule is CNc1cc(-c2ccc(OC)c(C(C)C)c2)ncn1. The number of nitrogens with zero attached hydrogens (tertiary/aromatic N) is 2. The molecule has 0 bridgehead atoms. The van der Waals surface area contributed by atoms with Crippen molar-refractivity contribution < 1.29 is 4.74 Å². The molecular weight excluding hydrogens is 238 g/mol. The molecule has 0 unspecified atom stereocenters. The van der Waals surface area contributed by atoms with Crippen LogP contribution in [-0.4, -0.2) is 24.1 Å². The van der Waals surface area contributed by atoms with Crippen LogP contribution >= 0.6 is 0 Å². The molecule has 4 heteroatoms. The average molecular weight is 257 g/mol. The minimum atomic E-state index is 0.403. The number of anilines is 1. The lowest BCUT2D eigenvalue weighted by Gasteiger charge is -2.13. The van der Waals surface area contributed by atoms with Gasteiger partial charge in [0.15, 0.2) is 0 Å². The van der Waals surface area contributed by atoms with Gasteiger partial charge in [-0.15, -0.1) is 0 Å². The third-order valence-electron chi connectivity index (χ3n) is 3.07. The molecule has 0 amide bonds. The Labute approximate surface area is 113 Å². The molecule has 0 aliphatic heterocycles. The molecule has 2 aromatic rings. The van der Waals surface area contributed by atoms with Crippen molar-refractivity contribution in [1.82, 2.24) is 9.97 Å². The van der Waals surface area contributed by atoms with Crippen LogP contribution in [0.3, 0.4) is 0 Å². The molecular formula is C15H19N3O. The molecule has 0 saturated carbocycles. The number of nitrogens with one attached hydrogen (secondary N) is 1. The molecule has 0 aliphatic carbocycles. The first-order valence-corrected chi connectivity index (χ1v) is 6.33. The third-order valence-corrected chi connectivity index (χ3v) is 3.07. The number of ether oxygens (including phenoxy) is 1. The summed E-state index contributed by atoms with van der Waals surface area (Å²) in [4.78, 5) is 8.45. The molecule has 0 saturated heterocycles. The Morgan fingerprint density at radius 3 is 2.58 bits per heavy atom. The molecule has 2 rings (SSSR count). The van der Waals surface area contributed by atoms with Gasteiger partial charge in [0.05, 0.1) is 12.8 Å². The highest BCUT2D eigenvalue weighted by molar-refractivity contribution is 5.64. The van der Waals surface area contributed by atoms with E-state index < -0.39 is 0 Å². The molecule has 0 aliphatic rings. The van der Waals surface area contributed by atoms with Gasteiger partial charge >= 0.3 is 0 Å². The number of rotatable bonds is 4. The Morgan fingerprint density at radius 1 is 1.16 bits per heavy atom. The van der Waals surface area contributed by atoms with Gasteiger partial charge in [0.2, 0.25) is 0 Å². The largest absolute Gasteiger partial charge is 0.496 e. The Hall–Kier alpha value is -2.10. The van der Waals surface area contributed by atoms with Gasteiger partial charge in [-0.05, 0) is 29.7 Å². The van der Waals surface area contributed by atoms with Crippen LogP contribution in [0.15, 0.2) is 30.6 Å². The van der Waals surface area contributed by atoms with Gasteiger partial charge in [0.1, 0.15) is 17.9 Å². The van der Waals surface area contributed by atoms with E-state index in [1.165, 1.54) is 5.56 Å². The second-order valence-electron chi connectivity index (χ2n) is 4.65. The van der Waals surface area contributed by atoms with E-state index in [2.05, 4.69) is 35.2 Å². The van der Waals surface area contributed by atoms with Crippen molar-refractivity contribution in [3.05, 3.63) is 36.2 Å². The number of benzene rings is 1. The molecule has 1 N–H and O–H groups in total. The smallest absolute Gasteiger partial charge is 0.129 e. The topological polar surface area (TPSA) is 47.0 Å². The summed E-state index contributed by atoms with van der Waals surface area (Å²) in [5.41, 5.74) is 3.16. The Kier molecular flexibility index (Phi) is 4.00. The summed E-state index contributed by atoms with van der Waals surface area (Å²) in [6, 6.07) is 8.08. The highest BCUT2D eigenvalue weighted by Gasteiger charge is 2.10. The minimum Gasteiger partial charge on any atom is -0.496 e. The molecule has 0 radical (unpaired) electrons. The summed E-state index contributed by atoms with van der Waals surface area (Å²) in [5.74, 6) is 2.13. The molecule has 1 aromatic heterocycles. The van der Waals surface area contributed by atoms with E-state index in [-0.39, 0.29) is 0 Å². The Bertz CT molecular complexity index is 567. The molecule has 1 heterocycles. The van der Waals surface area contributed by atoms with E-state index >= 15 is 0 Å². The fourth-order valence-corrected chi connectivity index (χ4v) is 2.00. The van der Waals surface area contributed by atoms with Crippen molar-refractivity contribution in [2.24, 2.45) is 0 Å². The first-order valence-electron chi connectivity index (χ1n) is 6.33. The monoisotopic (exact) mass is 257 g/mol. The normalized spacial score (nSPS) is 10.6. The van der Waals surface area contributed by atoms with Crippen molar-refractivity contribution in [3.63, 3.8) is 0 Å². The molecule has 0 fully saturated rings. The van der Waals surface area contributed by atoms with Crippen LogP contribution in [0.2, 0.25) is 0 Å². The summed E-state index contributed by atoms with van der Waals surface area (Å²) in [6.07, 6.45) is 1.57. The molecule has 19 heavy (non-hydrogen) atoms. The predicted octanol–water partition coefficient (Wildman–Crippen LogP) is 3.32. The zero-order valence-corrected chi connectivity index (χ0v) is 11.8. The van der Waals surface area contributed by atoms with Crippen LogP contribution in [0.4, 0.5) is 5.82 Å². The molecule has 4 nitrogen and oxygen atoms in total. The second kappa shape index (κ2) is 5.69. The average Bonchev–Trinajstić information content (AvgIpc) is 2.46. The number of aromatic nitrogens is 2. The highest BCUT2D eigenvalue weighted by atomic mass is 16.5. The minimum absolute atomic E-state index is 0.403. The lowest BCUT2D eigenvalue weighted by Crippen LogP contribution is -1.97. The van der Waals surface area contributed by atoms with Gasteiger partial charge in [-0.25, -0.2) is 9.97 Å². The third kappa shape index (κ3) is 2.84. The zero-order valence-electron chi connectivity index (χ0n) is 11.8. The second-order valence-corrected chi connectivity index (χ2v) is 4.65. The van der Waals surface area contributed by atoms with Gasteiger partial charge in [0.25, 0.3) is 0 Å². The molecule has 0 atom stereocenters. The molecule has 1 aromatic carbocycles. The first kappa shape index (κ1) is 13.3. The quantitative estimate of drug-likeness (QED) is 0.912. The summed E-state index contributed by atoms with van der Waals surface area (Å²) >= 11 is 0. The van der Waals surface area contributed by atoms with Crippen LogP contribution in [0, 0.1) is 0 Å². The van der Waals surface area contributed by atoms with Crippen molar-refractivity contribution in [3.8, 4) is 17.0 Å². The highest BCUT2D eigenvalue weighted by Crippen LogP contribution is 2.31. The van der Waals surface area contributed by atoms with Crippen LogP contribution in [-0.2, 0) is 0 Å². The van der Waals surface area contributed by atoms with Crippen LogP contribution in [0.1, 0.15) is 25.3 Å². The summed E-state index contributed by atoms with van der Waals surface area (Å²) < 4.78 is 5.40. The summed E-state index contributed by atoms with van der Waals surface area (Å²) in [7, 11) is 3.55. The molecule has 0 spiro atoms. The maximum atomic E-state index is 5.40. The zero-order chi connectivity index (χ0) is 13.8. The van der Waals surface area contributed by atoms with Gasteiger partial charge < -0.3 is 10.1 Å². The van der Waals surface area contributed by atoms with Crippen molar-refractivity contribution in [1.29, 1.82) is 0 Å². The Balaban J connectivity index is 2.47. The van der Waals surface area contributed by atoms with E-state index in [0.717, 1.165) is 22.8 Å². The van der Waals surface area contributed by atoms with Gasteiger partial charge in [-0.1, -0.05) is 13.8 Å². The first-order chi connectivity index (χ1) is 9.15. The van der Waals surface area contributed by atoms with Gasteiger partial charge in [0, 0.05) is 18.7 Å². The van der Waals surface area contributed by atoms with E-state index in [9.17, 15) is 0 Å². The maximum absolute atomic E-state index is 5.40. The summed E-state index contributed by atoms with van der Waals surface area (Å²) in [5, 5.41) is 3.02. The van der Waals surface area contributed by atoms with E-state index in [1.807, 2.05) is 25.2 Å². The fourth-order valence-electron chi connectivity index (χ4n) is 2.00. The number of hydrogen-bond donors (Lipinski definition) is 1. The maximum Gasteiger partial charge on any atom is 0.129 e. The van der Waals surface area contributed by atoms with E-state index in [4.69, 9.17) is 4.74 Å². The lowest BCUT2D eigenvalue weighted by molar-refractivity contribution is 0.407. The van der Waals surface area contributed by atoms with E-state index in [0.29, 0.717) is 5.92 Å². The summed E-state index contributed by atoms with van der Waals surface area (Å²) in [6.45, 7) is 4.31. The Morgan fingerprint density at radius 2 is 1.95 bits per heavy atom. The van der Waals surface area contributed by atoms with Crippen LogP contribution < -0.4 is 10.1 Å². The fraction of sp³-hybridized carbons (Fsp3) is 0.333. The number of methoxy groups -OCH3 is 1. The van der Waals surface area contributed by atoms with Gasteiger partial charge in [-0.2, -0.15) is 0 Å². The standard InChI is InChI=1S/C15H19N3O/c1-10(2)12-7-11(5-6-14(12)19-4)13-8-15(16-3)18-9-17-13/h5-10H,1-4H3,(H,16,17,18).